The second kappa shape index (κ2) is 4.90. The van der Waals surface area contributed by atoms with Gasteiger partial charge in [-0.3, -0.25) is 0 Å². The minimum absolute atomic E-state index is 0.514. The fraction of sp³-hybridized carbons (Fsp3) is 0.692. The van der Waals surface area contributed by atoms with Crippen LogP contribution in [-0.2, 0) is 0 Å². The van der Waals surface area contributed by atoms with Gasteiger partial charge in [-0.05, 0) is 37.2 Å². The molecule has 17 heavy (non-hydrogen) atoms. The molecule has 0 atom stereocenters. The molecule has 1 aliphatic carbocycles. The molecule has 0 spiro atoms. The number of nitrogens with one attached hydrogen (secondary N) is 2. The van der Waals surface area contributed by atoms with Gasteiger partial charge in [-0.2, -0.15) is 4.98 Å². The molecular formula is C13H22N4. The third kappa shape index (κ3) is 3.32. The van der Waals surface area contributed by atoms with Crippen LogP contribution in [0.15, 0.2) is 12.3 Å². The molecule has 1 heterocycles. The van der Waals surface area contributed by atoms with E-state index in [-0.39, 0.29) is 0 Å². The zero-order chi connectivity index (χ0) is 12.3. The van der Waals surface area contributed by atoms with E-state index in [1.807, 2.05) is 13.1 Å². The van der Waals surface area contributed by atoms with Crippen LogP contribution in [0.2, 0.25) is 0 Å². The standard InChI is InChI=1S/C13H22N4/c1-13(2)7-4-10(5-8-13)16-11-6-9-15-12(14-3)17-11/h6,9-10H,4-5,7-8H2,1-3H3,(H2,14,15,16,17). The van der Waals surface area contributed by atoms with Crippen LogP contribution in [0.3, 0.4) is 0 Å². The molecule has 0 radical (unpaired) electrons. The summed E-state index contributed by atoms with van der Waals surface area (Å²) in [7, 11) is 1.84. The van der Waals surface area contributed by atoms with Gasteiger partial charge in [0.15, 0.2) is 0 Å². The highest BCUT2D eigenvalue weighted by atomic mass is 15.1. The van der Waals surface area contributed by atoms with E-state index < -0.39 is 0 Å². The lowest BCUT2D eigenvalue weighted by Crippen LogP contribution is -2.30. The molecule has 1 saturated carbocycles. The fourth-order valence-electron chi connectivity index (χ4n) is 2.31. The van der Waals surface area contributed by atoms with Crippen molar-refractivity contribution in [2.24, 2.45) is 5.41 Å². The fourth-order valence-corrected chi connectivity index (χ4v) is 2.31. The number of hydrogen-bond acceptors (Lipinski definition) is 4. The Hall–Kier alpha value is -1.32. The molecule has 1 fully saturated rings. The lowest BCUT2D eigenvalue weighted by molar-refractivity contribution is 0.232. The summed E-state index contributed by atoms with van der Waals surface area (Å²) in [6.45, 7) is 4.71. The molecule has 0 aliphatic heterocycles. The highest BCUT2D eigenvalue weighted by Gasteiger charge is 2.26. The highest BCUT2D eigenvalue weighted by molar-refractivity contribution is 5.40. The number of hydrogen-bond donors (Lipinski definition) is 2. The summed E-state index contributed by atoms with van der Waals surface area (Å²) in [6.07, 6.45) is 6.81. The smallest absolute Gasteiger partial charge is 0.224 e. The van der Waals surface area contributed by atoms with E-state index in [1.54, 1.807) is 6.20 Å². The van der Waals surface area contributed by atoms with Gasteiger partial charge in [0.25, 0.3) is 0 Å². The van der Waals surface area contributed by atoms with E-state index >= 15 is 0 Å². The third-order valence-corrected chi connectivity index (χ3v) is 3.57. The average molecular weight is 234 g/mol. The van der Waals surface area contributed by atoms with Crippen molar-refractivity contribution in [2.45, 2.75) is 45.6 Å². The summed E-state index contributed by atoms with van der Waals surface area (Å²) in [5.74, 6) is 1.60. The molecular weight excluding hydrogens is 212 g/mol. The zero-order valence-electron chi connectivity index (χ0n) is 11.0. The van der Waals surface area contributed by atoms with Crippen LogP contribution in [0.25, 0.3) is 0 Å². The van der Waals surface area contributed by atoms with Crippen molar-refractivity contribution in [3.05, 3.63) is 12.3 Å². The van der Waals surface area contributed by atoms with Crippen LogP contribution >= 0.6 is 0 Å². The molecule has 94 valence electrons. The number of anilines is 2. The zero-order valence-corrected chi connectivity index (χ0v) is 11.0. The first-order valence-corrected chi connectivity index (χ1v) is 6.36. The second-order valence-electron chi connectivity index (χ2n) is 5.60. The maximum absolute atomic E-state index is 4.39. The highest BCUT2D eigenvalue weighted by Crippen LogP contribution is 2.35. The monoisotopic (exact) mass is 234 g/mol. The van der Waals surface area contributed by atoms with Crippen molar-refractivity contribution in [3.8, 4) is 0 Å². The lowest BCUT2D eigenvalue weighted by atomic mass is 9.75. The van der Waals surface area contributed by atoms with Gasteiger partial charge in [-0.25, -0.2) is 4.98 Å². The van der Waals surface area contributed by atoms with E-state index in [1.165, 1.54) is 25.7 Å². The molecule has 0 amide bonds. The normalized spacial score (nSPS) is 19.9. The van der Waals surface area contributed by atoms with Gasteiger partial charge in [-0.1, -0.05) is 13.8 Å². The number of rotatable bonds is 3. The quantitative estimate of drug-likeness (QED) is 0.844. The van der Waals surface area contributed by atoms with Crippen molar-refractivity contribution in [3.63, 3.8) is 0 Å². The second-order valence-corrected chi connectivity index (χ2v) is 5.60. The van der Waals surface area contributed by atoms with Gasteiger partial charge < -0.3 is 10.6 Å². The molecule has 0 saturated heterocycles. The van der Waals surface area contributed by atoms with Crippen LogP contribution in [0.4, 0.5) is 11.8 Å². The number of nitrogens with zero attached hydrogens (tertiary/aromatic N) is 2. The van der Waals surface area contributed by atoms with Crippen molar-refractivity contribution < 1.29 is 0 Å². The molecule has 2 N–H and O–H groups in total. The first kappa shape index (κ1) is 12.1. The van der Waals surface area contributed by atoms with E-state index in [0.29, 0.717) is 17.4 Å². The van der Waals surface area contributed by atoms with E-state index in [4.69, 9.17) is 0 Å². The molecule has 1 aliphatic rings. The average Bonchev–Trinajstić information content (AvgIpc) is 2.32. The lowest BCUT2D eigenvalue weighted by Gasteiger charge is -2.34. The van der Waals surface area contributed by atoms with Gasteiger partial charge >= 0.3 is 0 Å². The van der Waals surface area contributed by atoms with Gasteiger partial charge in [0.2, 0.25) is 5.95 Å². The largest absolute Gasteiger partial charge is 0.367 e. The number of aromatic nitrogens is 2. The van der Waals surface area contributed by atoms with Gasteiger partial charge in [0, 0.05) is 19.3 Å². The molecule has 0 aromatic carbocycles. The Morgan fingerprint density at radius 2 is 2.00 bits per heavy atom. The minimum atomic E-state index is 0.514. The maximum atomic E-state index is 4.39. The Morgan fingerprint density at radius 3 is 2.65 bits per heavy atom. The first-order valence-electron chi connectivity index (χ1n) is 6.36. The Kier molecular flexibility index (Phi) is 3.50. The van der Waals surface area contributed by atoms with Crippen LogP contribution in [0.5, 0.6) is 0 Å². The van der Waals surface area contributed by atoms with Crippen molar-refractivity contribution >= 4 is 11.8 Å². The molecule has 0 bridgehead atoms. The summed E-state index contributed by atoms with van der Waals surface area (Å²) in [4.78, 5) is 8.50. The van der Waals surface area contributed by atoms with Crippen LogP contribution < -0.4 is 10.6 Å². The Balaban J connectivity index is 1.93. The van der Waals surface area contributed by atoms with Crippen LogP contribution in [0.1, 0.15) is 39.5 Å². The summed E-state index contributed by atoms with van der Waals surface area (Å²) in [5, 5.41) is 6.46. The Bertz CT molecular complexity index is 365. The summed E-state index contributed by atoms with van der Waals surface area (Å²) in [6, 6.07) is 2.49. The summed E-state index contributed by atoms with van der Waals surface area (Å²) < 4.78 is 0. The Morgan fingerprint density at radius 1 is 1.29 bits per heavy atom. The SMILES string of the molecule is CNc1nccc(NC2CCC(C)(C)CC2)n1. The molecule has 4 nitrogen and oxygen atoms in total. The van der Waals surface area contributed by atoms with Gasteiger partial charge in [-0.15, -0.1) is 0 Å². The molecule has 2 rings (SSSR count). The van der Waals surface area contributed by atoms with E-state index in [0.717, 1.165) is 5.82 Å². The van der Waals surface area contributed by atoms with E-state index in [2.05, 4.69) is 34.4 Å². The van der Waals surface area contributed by atoms with Crippen LogP contribution in [-0.4, -0.2) is 23.1 Å². The molecule has 0 unspecified atom stereocenters. The maximum Gasteiger partial charge on any atom is 0.224 e. The van der Waals surface area contributed by atoms with Gasteiger partial charge in [0.1, 0.15) is 5.82 Å². The van der Waals surface area contributed by atoms with Crippen LogP contribution in [0, 0.1) is 5.41 Å². The van der Waals surface area contributed by atoms with Crippen molar-refractivity contribution in [1.82, 2.24) is 9.97 Å². The first-order chi connectivity index (χ1) is 8.09. The minimum Gasteiger partial charge on any atom is -0.367 e. The molecule has 1 aromatic heterocycles. The predicted octanol–water partition coefficient (Wildman–Crippen LogP) is 2.90. The summed E-state index contributed by atoms with van der Waals surface area (Å²) in [5.41, 5.74) is 0.514. The van der Waals surface area contributed by atoms with Gasteiger partial charge in [0.05, 0.1) is 0 Å². The van der Waals surface area contributed by atoms with Crippen molar-refractivity contribution in [1.29, 1.82) is 0 Å². The predicted molar refractivity (Wildman–Crippen MR) is 71.2 cm³/mol. The topological polar surface area (TPSA) is 49.8 Å². The van der Waals surface area contributed by atoms with E-state index in [9.17, 15) is 0 Å². The Labute approximate surface area is 103 Å². The summed E-state index contributed by atoms with van der Waals surface area (Å²) >= 11 is 0. The third-order valence-electron chi connectivity index (χ3n) is 3.57. The molecule has 1 aromatic rings. The van der Waals surface area contributed by atoms with Crippen molar-refractivity contribution in [2.75, 3.05) is 17.7 Å². The molecule has 4 heteroatoms.